The smallest absolute Gasteiger partial charge is 0.199 e. The third kappa shape index (κ3) is 2.73. The molecule has 3 aromatic rings. The molecule has 0 spiro atoms. The van der Waals surface area contributed by atoms with E-state index >= 15 is 0 Å². The number of H-pyrrole nitrogens is 1. The minimum Gasteiger partial charge on any atom is -0.272 e. The highest BCUT2D eigenvalue weighted by Gasteiger charge is 2.43. The normalized spacial score (nSPS) is 19.7. The Bertz CT molecular complexity index is 893. The van der Waals surface area contributed by atoms with E-state index in [1.165, 1.54) is 11.1 Å². The Balaban J connectivity index is 1.68. The van der Waals surface area contributed by atoms with Crippen LogP contribution in [0.25, 0.3) is 5.69 Å². The topological polar surface area (TPSA) is 33.6 Å². The zero-order chi connectivity index (χ0) is 16.0. The lowest BCUT2D eigenvalue weighted by molar-refractivity contribution is 0.846. The summed E-state index contributed by atoms with van der Waals surface area (Å²) in [6.07, 6.45) is 1.11. The van der Waals surface area contributed by atoms with E-state index in [4.69, 9.17) is 23.8 Å². The third-order valence-corrected chi connectivity index (χ3v) is 4.94. The molecule has 1 fully saturated rings. The molecule has 116 valence electrons. The number of aromatic nitrogens is 3. The molecule has 1 N–H and O–H groups in total. The van der Waals surface area contributed by atoms with Crippen LogP contribution in [0.2, 0.25) is 5.02 Å². The van der Waals surface area contributed by atoms with E-state index in [2.05, 4.69) is 41.4 Å². The highest BCUT2D eigenvalue weighted by Crippen LogP contribution is 2.54. The zero-order valence-electron chi connectivity index (χ0n) is 12.7. The van der Waals surface area contributed by atoms with Gasteiger partial charge in [0.15, 0.2) is 4.77 Å². The number of hydrogen-bond donors (Lipinski definition) is 1. The standard InChI is InChI=1S/C18H16ClN3S/c1-11-2-4-12(5-3-11)15-10-16(15)17-20-21-18(23)22(17)14-8-6-13(19)7-9-14/h2-9,15-16H,10H2,1H3,(H,21,23)/t15-,16-/m0/s1. The lowest BCUT2D eigenvalue weighted by atomic mass is 10.1. The van der Waals surface area contributed by atoms with Crippen LogP contribution < -0.4 is 0 Å². The lowest BCUT2D eigenvalue weighted by Gasteiger charge is -2.07. The van der Waals surface area contributed by atoms with E-state index in [0.29, 0.717) is 21.6 Å². The third-order valence-electron chi connectivity index (χ3n) is 4.41. The molecule has 1 saturated carbocycles. The van der Waals surface area contributed by atoms with Gasteiger partial charge in [-0.25, -0.2) is 0 Å². The van der Waals surface area contributed by atoms with Crippen LogP contribution >= 0.6 is 23.8 Å². The van der Waals surface area contributed by atoms with E-state index in [9.17, 15) is 0 Å². The Hall–Kier alpha value is -1.91. The van der Waals surface area contributed by atoms with Gasteiger partial charge >= 0.3 is 0 Å². The van der Waals surface area contributed by atoms with Crippen LogP contribution in [0, 0.1) is 11.7 Å². The molecule has 0 amide bonds. The SMILES string of the molecule is Cc1ccc([C@@H]2C[C@@H]2c2n[nH]c(=S)n2-c2ccc(Cl)cc2)cc1. The van der Waals surface area contributed by atoms with Crippen molar-refractivity contribution in [2.45, 2.75) is 25.2 Å². The molecule has 1 aromatic heterocycles. The first kappa shape index (κ1) is 14.7. The van der Waals surface area contributed by atoms with E-state index in [0.717, 1.165) is 17.9 Å². The first-order chi connectivity index (χ1) is 11.1. The van der Waals surface area contributed by atoms with Crippen molar-refractivity contribution in [1.29, 1.82) is 0 Å². The molecule has 0 aliphatic heterocycles. The Morgan fingerprint density at radius 3 is 2.48 bits per heavy atom. The van der Waals surface area contributed by atoms with Crippen LogP contribution in [0.4, 0.5) is 0 Å². The van der Waals surface area contributed by atoms with Crippen molar-refractivity contribution in [2.75, 3.05) is 0 Å². The Labute approximate surface area is 144 Å². The van der Waals surface area contributed by atoms with Crippen molar-refractivity contribution in [1.82, 2.24) is 14.8 Å². The number of nitrogens with zero attached hydrogens (tertiary/aromatic N) is 2. The molecule has 1 aliphatic carbocycles. The summed E-state index contributed by atoms with van der Waals surface area (Å²) in [6, 6.07) is 16.5. The van der Waals surface area contributed by atoms with Crippen LogP contribution in [0.3, 0.4) is 0 Å². The summed E-state index contributed by atoms with van der Waals surface area (Å²) in [7, 11) is 0. The second-order valence-electron chi connectivity index (χ2n) is 6.06. The largest absolute Gasteiger partial charge is 0.272 e. The first-order valence-electron chi connectivity index (χ1n) is 7.63. The molecule has 2 atom stereocenters. The number of nitrogens with one attached hydrogen (secondary N) is 1. The fourth-order valence-corrected chi connectivity index (χ4v) is 3.43. The summed E-state index contributed by atoms with van der Waals surface area (Å²) in [5.74, 6) is 1.93. The predicted molar refractivity (Wildman–Crippen MR) is 95.0 cm³/mol. The van der Waals surface area contributed by atoms with Crippen LogP contribution in [0.1, 0.15) is 35.2 Å². The van der Waals surface area contributed by atoms with Crippen molar-refractivity contribution >= 4 is 23.8 Å². The molecule has 23 heavy (non-hydrogen) atoms. The predicted octanol–water partition coefficient (Wildman–Crippen LogP) is 5.16. The number of rotatable bonds is 3. The van der Waals surface area contributed by atoms with Gasteiger partial charge in [-0.1, -0.05) is 41.4 Å². The van der Waals surface area contributed by atoms with Crippen molar-refractivity contribution in [3.8, 4) is 5.69 Å². The van der Waals surface area contributed by atoms with Crippen LogP contribution in [0.5, 0.6) is 0 Å². The number of hydrogen-bond acceptors (Lipinski definition) is 2. The fraction of sp³-hybridized carbons (Fsp3) is 0.222. The molecule has 1 aliphatic rings. The molecule has 4 rings (SSSR count). The minimum absolute atomic E-state index is 0.404. The quantitative estimate of drug-likeness (QED) is 0.667. The molecule has 1 heterocycles. The minimum atomic E-state index is 0.404. The Morgan fingerprint density at radius 1 is 1.09 bits per heavy atom. The number of benzene rings is 2. The second-order valence-corrected chi connectivity index (χ2v) is 6.88. The average molecular weight is 342 g/mol. The van der Waals surface area contributed by atoms with Crippen LogP contribution in [-0.2, 0) is 0 Å². The maximum Gasteiger partial charge on any atom is 0.199 e. The van der Waals surface area contributed by atoms with E-state index in [1.807, 2.05) is 28.8 Å². The molecule has 0 bridgehead atoms. The van der Waals surface area contributed by atoms with Gasteiger partial charge in [0.25, 0.3) is 0 Å². The maximum absolute atomic E-state index is 5.98. The van der Waals surface area contributed by atoms with Crippen molar-refractivity contribution < 1.29 is 0 Å². The second kappa shape index (κ2) is 5.62. The molecule has 5 heteroatoms. The highest BCUT2D eigenvalue weighted by atomic mass is 35.5. The van der Waals surface area contributed by atoms with Gasteiger partial charge in [-0.15, -0.1) is 0 Å². The lowest BCUT2D eigenvalue weighted by Crippen LogP contribution is -2.01. The van der Waals surface area contributed by atoms with Gasteiger partial charge in [0.1, 0.15) is 5.82 Å². The molecular formula is C18H16ClN3S. The van der Waals surface area contributed by atoms with Gasteiger partial charge in [0.05, 0.1) is 0 Å². The molecule has 2 aromatic carbocycles. The highest BCUT2D eigenvalue weighted by molar-refractivity contribution is 7.71. The number of aryl methyl sites for hydroxylation is 1. The monoisotopic (exact) mass is 341 g/mol. The van der Waals surface area contributed by atoms with E-state index in [1.54, 1.807) is 0 Å². The summed E-state index contributed by atoms with van der Waals surface area (Å²) in [5, 5.41) is 8.14. The first-order valence-corrected chi connectivity index (χ1v) is 8.42. The fourth-order valence-electron chi connectivity index (χ4n) is 3.06. The summed E-state index contributed by atoms with van der Waals surface area (Å²) in [6.45, 7) is 2.11. The van der Waals surface area contributed by atoms with Gasteiger partial charge < -0.3 is 0 Å². The van der Waals surface area contributed by atoms with E-state index < -0.39 is 0 Å². The van der Waals surface area contributed by atoms with Crippen molar-refractivity contribution in [3.05, 3.63) is 75.3 Å². The molecular weight excluding hydrogens is 326 g/mol. The summed E-state index contributed by atoms with van der Waals surface area (Å²) in [4.78, 5) is 0. The maximum atomic E-state index is 5.98. The van der Waals surface area contributed by atoms with Gasteiger partial charge in [0, 0.05) is 16.6 Å². The average Bonchev–Trinajstić information content (AvgIpc) is 3.25. The van der Waals surface area contributed by atoms with Gasteiger partial charge in [-0.05, 0) is 61.3 Å². The van der Waals surface area contributed by atoms with Crippen LogP contribution in [-0.4, -0.2) is 14.8 Å². The van der Waals surface area contributed by atoms with Crippen molar-refractivity contribution in [2.24, 2.45) is 0 Å². The Morgan fingerprint density at radius 2 is 1.78 bits per heavy atom. The van der Waals surface area contributed by atoms with E-state index in [-0.39, 0.29) is 0 Å². The van der Waals surface area contributed by atoms with Gasteiger partial charge in [0.2, 0.25) is 0 Å². The zero-order valence-corrected chi connectivity index (χ0v) is 14.2. The van der Waals surface area contributed by atoms with Gasteiger partial charge in [-0.2, -0.15) is 5.10 Å². The summed E-state index contributed by atoms with van der Waals surface area (Å²) in [5.41, 5.74) is 3.66. The summed E-state index contributed by atoms with van der Waals surface area (Å²) >= 11 is 11.4. The number of halogens is 1. The summed E-state index contributed by atoms with van der Waals surface area (Å²) < 4.78 is 2.64. The molecule has 3 nitrogen and oxygen atoms in total. The molecule has 0 radical (unpaired) electrons. The van der Waals surface area contributed by atoms with Crippen molar-refractivity contribution in [3.63, 3.8) is 0 Å². The molecule has 0 saturated heterocycles. The molecule has 0 unspecified atom stereocenters. The Kier molecular flexibility index (Phi) is 3.58. The van der Waals surface area contributed by atoms with Crippen LogP contribution in [0.15, 0.2) is 48.5 Å². The number of aromatic amines is 1. The van der Waals surface area contributed by atoms with Gasteiger partial charge in [-0.3, -0.25) is 9.67 Å².